The fourth-order valence-corrected chi connectivity index (χ4v) is 5.23. The molecule has 1 aromatic carbocycles. The van der Waals surface area contributed by atoms with Crippen molar-refractivity contribution >= 4 is 21.6 Å². The topological polar surface area (TPSA) is 33.1 Å². The summed E-state index contributed by atoms with van der Waals surface area (Å²) in [6.45, 7) is 4.51. The van der Waals surface area contributed by atoms with Crippen molar-refractivity contribution < 1.29 is 13.2 Å². The van der Waals surface area contributed by atoms with Crippen molar-refractivity contribution in [1.29, 1.82) is 0 Å². The monoisotopic (exact) mass is 494 g/mol. The van der Waals surface area contributed by atoms with Gasteiger partial charge in [-0.05, 0) is 58.6 Å². The van der Waals surface area contributed by atoms with Gasteiger partial charge in [-0.2, -0.15) is 18.3 Å². The number of nitrogens with one attached hydrogen (secondary N) is 1. The number of piperidine rings is 1. The summed E-state index contributed by atoms with van der Waals surface area (Å²) < 4.78 is 42.0. The zero-order valence-electron chi connectivity index (χ0n) is 17.6. The molecule has 0 unspecified atom stereocenters. The molecule has 0 spiro atoms. The summed E-state index contributed by atoms with van der Waals surface area (Å²) >= 11 is 3.66. The lowest BCUT2D eigenvalue weighted by molar-refractivity contribution is -0.137. The zero-order chi connectivity index (χ0) is 22.2. The van der Waals surface area contributed by atoms with E-state index in [0.29, 0.717) is 0 Å². The van der Waals surface area contributed by atoms with Crippen LogP contribution in [0, 0.1) is 0 Å². The molecule has 2 aromatic rings. The number of halogens is 4. The highest BCUT2D eigenvalue weighted by Crippen LogP contribution is 2.39. The van der Waals surface area contributed by atoms with Gasteiger partial charge in [-0.3, -0.25) is 4.68 Å². The van der Waals surface area contributed by atoms with Gasteiger partial charge in [-0.15, -0.1) is 0 Å². The minimum Gasteiger partial charge on any atom is -0.361 e. The summed E-state index contributed by atoms with van der Waals surface area (Å²) in [5.74, 6) is 0.134. The third kappa shape index (κ3) is 4.32. The normalized spacial score (nSPS) is 22.3. The van der Waals surface area contributed by atoms with Gasteiger partial charge in [0.2, 0.25) is 0 Å². The van der Waals surface area contributed by atoms with E-state index >= 15 is 0 Å². The number of hydrogen-bond donors (Lipinski definition) is 1. The Bertz CT molecular complexity index is 972. The van der Waals surface area contributed by atoms with Crippen LogP contribution in [0.3, 0.4) is 0 Å². The molecule has 4 nitrogen and oxygen atoms in total. The number of rotatable bonds is 4. The van der Waals surface area contributed by atoms with Crippen LogP contribution in [0.5, 0.6) is 0 Å². The molecule has 2 aliphatic rings. The van der Waals surface area contributed by atoms with E-state index in [1.807, 2.05) is 11.7 Å². The van der Waals surface area contributed by atoms with E-state index in [1.165, 1.54) is 17.7 Å². The molecule has 4 rings (SSSR count). The van der Waals surface area contributed by atoms with E-state index in [0.717, 1.165) is 53.9 Å². The first-order chi connectivity index (χ1) is 14.8. The lowest BCUT2D eigenvalue weighted by Crippen LogP contribution is -2.50. The average molecular weight is 495 g/mol. The predicted octanol–water partition coefficient (Wildman–Crippen LogP) is 5.34. The minimum atomic E-state index is -4.32. The largest absolute Gasteiger partial charge is 0.416 e. The average Bonchev–Trinajstić information content (AvgIpc) is 3.10. The zero-order valence-corrected chi connectivity index (χ0v) is 19.2. The molecule has 3 heterocycles. The smallest absolute Gasteiger partial charge is 0.361 e. The molecule has 0 radical (unpaired) electrons. The van der Waals surface area contributed by atoms with Gasteiger partial charge < -0.3 is 10.2 Å². The van der Waals surface area contributed by atoms with Crippen LogP contribution in [0.2, 0.25) is 0 Å². The Kier molecular flexibility index (Phi) is 6.30. The van der Waals surface area contributed by atoms with Gasteiger partial charge in [-0.1, -0.05) is 31.2 Å². The van der Waals surface area contributed by atoms with Crippen LogP contribution >= 0.6 is 15.9 Å². The highest BCUT2D eigenvalue weighted by Gasteiger charge is 2.36. The van der Waals surface area contributed by atoms with Crippen LogP contribution in [0.4, 0.5) is 13.2 Å². The molecule has 2 aliphatic heterocycles. The van der Waals surface area contributed by atoms with E-state index in [2.05, 4.69) is 50.3 Å². The van der Waals surface area contributed by atoms with Crippen molar-refractivity contribution in [2.75, 3.05) is 19.6 Å². The van der Waals surface area contributed by atoms with Crippen LogP contribution in [0.25, 0.3) is 5.70 Å². The Morgan fingerprint density at radius 2 is 1.97 bits per heavy atom. The van der Waals surface area contributed by atoms with Gasteiger partial charge in [0.25, 0.3) is 0 Å². The van der Waals surface area contributed by atoms with E-state index in [1.54, 1.807) is 18.3 Å². The van der Waals surface area contributed by atoms with Gasteiger partial charge in [0.15, 0.2) is 0 Å². The molecule has 2 atom stereocenters. The summed E-state index contributed by atoms with van der Waals surface area (Å²) in [6, 6.07) is 5.83. The Hall–Kier alpha value is -2.06. The maximum Gasteiger partial charge on any atom is 0.416 e. The second-order valence-electron chi connectivity index (χ2n) is 8.03. The second kappa shape index (κ2) is 8.82. The van der Waals surface area contributed by atoms with E-state index in [-0.39, 0.29) is 12.0 Å². The highest BCUT2D eigenvalue weighted by molar-refractivity contribution is 9.10. The van der Waals surface area contributed by atoms with Crippen molar-refractivity contribution in [1.82, 2.24) is 20.0 Å². The molecule has 1 fully saturated rings. The number of aromatic nitrogens is 2. The first kappa shape index (κ1) is 22.1. The molecule has 1 aromatic heterocycles. The Morgan fingerprint density at radius 1 is 1.23 bits per heavy atom. The Labute approximate surface area is 188 Å². The third-order valence-electron chi connectivity index (χ3n) is 6.23. The van der Waals surface area contributed by atoms with Crippen molar-refractivity contribution in [2.24, 2.45) is 7.05 Å². The maximum atomic E-state index is 13.1. The molecule has 0 aliphatic carbocycles. The van der Waals surface area contributed by atoms with E-state index in [4.69, 9.17) is 0 Å². The quantitative estimate of drug-likeness (QED) is 0.622. The molecule has 1 saturated heterocycles. The summed E-state index contributed by atoms with van der Waals surface area (Å²) in [5, 5.41) is 7.91. The van der Waals surface area contributed by atoms with Crippen molar-refractivity contribution in [3.63, 3.8) is 0 Å². The molecular weight excluding hydrogens is 469 g/mol. The van der Waals surface area contributed by atoms with Gasteiger partial charge in [0.1, 0.15) is 0 Å². The summed E-state index contributed by atoms with van der Waals surface area (Å²) in [7, 11) is 1.93. The van der Waals surface area contributed by atoms with E-state index < -0.39 is 11.7 Å². The van der Waals surface area contributed by atoms with Crippen molar-refractivity contribution in [2.45, 2.75) is 37.9 Å². The standard InChI is InChI=1S/C23H26BrF3N4/c1-3-15-5-4-12-31(21(15)22-19(24)13-29-30(22)2)20-14-28-11-10-18(20)16-6-8-17(9-7-16)23(25,26)27/h4-9,13,18,20,28H,3,10-12,14H2,1-2H3/t18-,20+/m0/s1. The SMILES string of the molecule is CCC1=C(c2c(Br)cnn2C)N([C@@H]2CNCC[C@H]2c2ccc(C(F)(F)F)cc2)CC=C1. The number of aryl methyl sites for hydroxylation is 1. The molecule has 8 heteroatoms. The fraction of sp³-hybridized carbons (Fsp3) is 0.435. The number of nitrogens with zero attached hydrogens (tertiary/aromatic N) is 3. The third-order valence-corrected chi connectivity index (χ3v) is 6.81. The summed E-state index contributed by atoms with van der Waals surface area (Å²) in [6.07, 6.45) is 3.59. The second-order valence-corrected chi connectivity index (χ2v) is 8.89. The maximum absolute atomic E-state index is 13.1. The number of alkyl halides is 3. The van der Waals surface area contributed by atoms with Crippen molar-refractivity contribution in [3.8, 4) is 0 Å². The molecule has 1 N–H and O–H groups in total. The van der Waals surface area contributed by atoms with Gasteiger partial charge in [-0.25, -0.2) is 0 Å². The van der Waals surface area contributed by atoms with Gasteiger partial charge >= 0.3 is 6.18 Å². The van der Waals surface area contributed by atoms with Crippen LogP contribution in [-0.2, 0) is 13.2 Å². The first-order valence-corrected chi connectivity index (χ1v) is 11.3. The Morgan fingerprint density at radius 3 is 2.58 bits per heavy atom. The molecule has 0 saturated carbocycles. The Balaban J connectivity index is 1.73. The summed E-state index contributed by atoms with van der Waals surface area (Å²) in [5.41, 5.74) is 3.75. The van der Waals surface area contributed by atoms with E-state index in [9.17, 15) is 13.2 Å². The molecule has 0 bridgehead atoms. The molecule has 0 amide bonds. The van der Waals surface area contributed by atoms with Crippen LogP contribution < -0.4 is 5.32 Å². The van der Waals surface area contributed by atoms with Crippen molar-refractivity contribution in [3.05, 3.63) is 69.5 Å². The van der Waals surface area contributed by atoms with Gasteiger partial charge in [0.05, 0.1) is 27.6 Å². The molecular formula is C23H26BrF3N4. The summed E-state index contributed by atoms with van der Waals surface area (Å²) in [4.78, 5) is 2.40. The lowest BCUT2D eigenvalue weighted by atomic mass is 9.83. The number of benzene rings is 1. The molecule has 166 valence electrons. The fourth-order valence-electron chi connectivity index (χ4n) is 4.69. The number of allylic oxidation sites excluding steroid dienone is 2. The number of hydrogen-bond acceptors (Lipinski definition) is 3. The van der Waals surface area contributed by atoms with Gasteiger partial charge in [0, 0.05) is 32.1 Å². The highest BCUT2D eigenvalue weighted by atomic mass is 79.9. The minimum absolute atomic E-state index is 0.119. The van der Waals surface area contributed by atoms with Crippen LogP contribution in [0.1, 0.15) is 42.5 Å². The predicted molar refractivity (Wildman–Crippen MR) is 119 cm³/mol. The molecule has 31 heavy (non-hydrogen) atoms. The van der Waals surface area contributed by atoms with Crippen LogP contribution in [0.15, 0.2) is 52.7 Å². The lowest BCUT2D eigenvalue weighted by Gasteiger charge is -2.44. The van der Waals surface area contributed by atoms with Crippen LogP contribution in [-0.4, -0.2) is 40.4 Å². The first-order valence-electron chi connectivity index (χ1n) is 10.5.